The van der Waals surface area contributed by atoms with Crippen LogP contribution in [0.15, 0.2) is 78.9 Å². The van der Waals surface area contributed by atoms with E-state index in [1.54, 1.807) is 6.07 Å². The van der Waals surface area contributed by atoms with E-state index in [0.29, 0.717) is 11.5 Å². The van der Waals surface area contributed by atoms with E-state index in [1.807, 2.05) is 0 Å². The van der Waals surface area contributed by atoms with Crippen LogP contribution < -0.4 is 0 Å². The van der Waals surface area contributed by atoms with Crippen molar-refractivity contribution in [2.45, 2.75) is 66.0 Å². The summed E-state index contributed by atoms with van der Waals surface area (Å²) in [5.74, 6) is 1.42. The lowest BCUT2D eigenvalue weighted by atomic mass is 9.97. The average molecular weight is 665 g/mol. The number of aryl methyl sites for hydroxylation is 1. The molecule has 0 amide bonds. The standard InChI is InChI=1S/C24H28F3N.C12H17Br.ClH/c1-18(2)16-20-8-6-19(7-9-20)10-13-28-14-11-21(12-15-28)22-4-3-5-23(17-22)24(25,26)27;1-10(2)9-12-5-3-11(4-6-12)7-8-13;/h3-9,11,17-18H,10,12-16H2,1-2H3;3-6,10H,7-9H2,1-2H3;1H. The Balaban J connectivity index is 0.000000371. The van der Waals surface area contributed by atoms with Gasteiger partial charge in [-0.25, -0.2) is 0 Å². The van der Waals surface area contributed by atoms with Crippen LogP contribution in [0, 0.1) is 11.8 Å². The summed E-state index contributed by atoms with van der Waals surface area (Å²) in [5.41, 5.74) is 6.72. The minimum atomic E-state index is -4.29. The summed E-state index contributed by atoms with van der Waals surface area (Å²) in [6.07, 6.45) is 2.99. The van der Waals surface area contributed by atoms with Gasteiger partial charge in [-0.3, -0.25) is 4.90 Å². The molecule has 4 rings (SSSR count). The number of nitrogens with zero attached hydrogens (tertiary/aromatic N) is 1. The van der Waals surface area contributed by atoms with Crippen molar-refractivity contribution in [3.63, 3.8) is 0 Å². The predicted molar refractivity (Wildman–Crippen MR) is 179 cm³/mol. The van der Waals surface area contributed by atoms with Crippen LogP contribution in [-0.4, -0.2) is 29.9 Å². The maximum absolute atomic E-state index is 12.9. The summed E-state index contributed by atoms with van der Waals surface area (Å²) in [6.45, 7) is 11.6. The third kappa shape index (κ3) is 12.7. The highest BCUT2D eigenvalue weighted by molar-refractivity contribution is 9.09. The van der Waals surface area contributed by atoms with Crippen molar-refractivity contribution in [2.24, 2.45) is 11.8 Å². The third-order valence-electron chi connectivity index (χ3n) is 7.29. The fraction of sp³-hybridized carbons (Fsp3) is 0.444. The summed E-state index contributed by atoms with van der Waals surface area (Å²) in [5, 5.41) is 1.05. The molecule has 3 aromatic rings. The van der Waals surface area contributed by atoms with Gasteiger partial charge >= 0.3 is 6.18 Å². The molecule has 0 fully saturated rings. The SMILES string of the molecule is CC(C)Cc1ccc(CCBr)cc1.CC(C)Cc1ccc(CCN2CC=C(c3cccc(C(F)(F)F)c3)CC2)cc1.Cl. The maximum atomic E-state index is 12.9. The van der Waals surface area contributed by atoms with Crippen LogP contribution in [0.25, 0.3) is 5.57 Å². The highest BCUT2D eigenvalue weighted by Gasteiger charge is 2.30. The second-order valence-electron chi connectivity index (χ2n) is 11.9. The maximum Gasteiger partial charge on any atom is 0.416 e. The van der Waals surface area contributed by atoms with E-state index in [4.69, 9.17) is 0 Å². The normalized spacial score (nSPS) is 13.8. The molecule has 0 atom stereocenters. The van der Waals surface area contributed by atoms with Crippen LogP contribution in [0.4, 0.5) is 13.2 Å². The lowest BCUT2D eigenvalue weighted by molar-refractivity contribution is -0.137. The Bertz CT molecular complexity index is 1220. The molecule has 230 valence electrons. The van der Waals surface area contributed by atoms with Gasteiger partial charge in [-0.15, -0.1) is 12.4 Å². The molecule has 1 aliphatic rings. The molecule has 0 aromatic heterocycles. The Labute approximate surface area is 266 Å². The minimum Gasteiger partial charge on any atom is -0.299 e. The molecule has 0 unspecified atom stereocenters. The molecule has 0 spiro atoms. The van der Waals surface area contributed by atoms with Gasteiger partial charge in [0.25, 0.3) is 0 Å². The minimum absolute atomic E-state index is 0. The molecule has 1 aliphatic heterocycles. The monoisotopic (exact) mass is 663 g/mol. The molecular formula is C36H46BrClF3N. The van der Waals surface area contributed by atoms with Gasteiger partial charge in [0.15, 0.2) is 0 Å². The Morgan fingerprint density at radius 3 is 1.74 bits per heavy atom. The van der Waals surface area contributed by atoms with Gasteiger partial charge in [0.1, 0.15) is 0 Å². The molecule has 1 heterocycles. The van der Waals surface area contributed by atoms with E-state index < -0.39 is 11.7 Å². The zero-order valence-electron chi connectivity index (χ0n) is 25.4. The van der Waals surface area contributed by atoms with Crippen molar-refractivity contribution >= 4 is 33.9 Å². The molecule has 0 saturated heterocycles. The molecule has 0 bridgehead atoms. The van der Waals surface area contributed by atoms with E-state index in [0.717, 1.165) is 68.2 Å². The fourth-order valence-electron chi connectivity index (χ4n) is 5.09. The Kier molecular flexibility index (Phi) is 15.4. The zero-order valence-corrected chi connectivity index (χ0v) is 27.8. The van der Waals surface area contributed by atoms with Crippen molar-refractivity contribution < 1.29 is 13.2 Å². The first-order chi connectivity index (χ1) is 19.5. The second-order valence-corrected chi connectivity index (χ2v) is 12.7. The Morgan fingerprint density at radius 1 is 0.762 bits per heavy atom. The molecule has 0 aliphatic carbocycles. The smallest absolute Gasteiger partial charge is 0.299 e. The van der Waals surface area contributed by atoms with Gasteiger partial charge in [-0.2, -0.15) is 13.2 Å². The lowest BCUT2D eigenvalue weighted by Crippen LogP contribution is -2.30. The number of hydrogen-bond acceptors (Lipinski definition) is 1. The summed E-state index contributed by atoms with van der Waals surface area (Å²) in [7, 11) is 0. The largest absolute Gasteiger partial charge is 0.416 e. The van der Waals surface area contributed by atoms with E-state index in [-0.39, 0.29) is 12.4 Å². The highest BCUT2D eigenvalue weighted by atomic mass is 79.9. The molecule has 6 heteroatoms. The molecule has 1 nitrogen and oxygen atoms in total. The first-order valence-corrected chi connectivity index (χ1v) is 16.0. The summed E-state index contributed by atoms with van der Waals surface area (Å²) in [6, 6.07) is 23.5. The Morgan fingerprint density at radius 2 is 1.29 bits per heavy atom. The van der Waals surface area contributed by atoms with Crippen LogP contribution in [0.3, 0.4) is 0 Å². The summed E-state index contributed by atoms with van der Waals surface area (Å²) >= 11 is 3.44. The van der Waals surface area contributed by atoms with Crippen molar-refractivity contribution in [1.82, 2.24) is 4.90 Å². The van der Waals surface area contributed by atoms with Crippen molar-refractivity contribution in [1.29, 1.82) is 0 Å². The molecule has 0 N–H and O–H groups in total. The van der Waals surface area contributed by atoms with Crippen LogP contribution >= 0.6 is 28.3 Å². The van der Waals surface area contributed by atoms with E-state index in [2.05, 4.69) is 103 Å². The van der Waals surface area contributed by atoms with Crippen LogP contribution in [0.2, 0.25) is 0 Å². The first kappa shape index (κ1) is 36.1. The molecular weight excluding hydrogens is 619 g/mol. The molecule has 0 radical (unpaired) electrons. The topological polar surface area (TPSA) is 3.24 Å². The van der Waals surface area contributed by atoms with Gasteiger partial charge in [0, 0.05) is 25.0 Å². The number of benzene rings is 3. The van der Waals surface area contributed by atoms with E-state index in [9.17, 15) is 13.2 Å². The lowest BCUT2D eigenvalue weighted by Gasteiger charge is -2.26. The second kappa shape index (κ2) is 17.9. The van der Waals surface area contributed by atoms with Crippen LogP contribution in [0.5, 0.6) is 0 Å². The number of alkyl halides is 4. The van der Waals surface area contributed by atoms with E-state index in [1.165, 1.54) is 40.8 Å². The molecule has 0 saturated carbocycles. The van der Waals surface area contributed by atoms with Crippen molar-refractivity contribution in [2.75, 3.05) is 25.0 Å². The zero-order chi connectivity index (χ0) is 29.8. The van der Waals surface area contributed by atoms with Crippen molar-refractivity contribution in [3.05, 3.63) is 112 Å². The Hall–Kier alpha value is -2.08. The fourth-order valence-corrected chi connectivity index (χ4v) is 5.55. The summed E-state index contributed by atoms with van der Waals surface area (Å²) < 4.78 is 38.8. The quantitative estimate of drug-likeness (QED) is 0.195. The van der Waals surface area contributed by atoms with Gasteiger partial charge in [0.2, 0.25) is 0 Å². The van der Waals surface area contributed by atoms with Gasteiger partial charge in [-0.1, -0.05) is 110 Å². The van der Waals surface area contributed by atoms with Gasteiger partial charge in [-0.05, 0) is 89.5 Å². The van der Waals surface area contributed by atoms with E-state index >= 15 is 0 Å². The van der Waals surface area contributed by atoms with Crippen LogP contribution in [0.1, 0.15) is 67.5 Å². The summed E-state index contributed by atoms with van der Waals surface area (Å²) in [4.78, 5) is 2.36. The highest BCUT2D eigenvalue weighted by Crippen LogP contribution is 2.32. The number of halogens is 5. The third-order valence-corrected chi connectivity index (χ3v) is 7.68. The predicted octanol–water partition coefficient (Wildman–Crippen LogP) is 10.5. The first-order valence-electron chi connectivity index (χ1n) is 14.8. The van der Waals surface area contributed by atoms with Gasteiger partial charge < -0.3 is 0 Å². The number of rotatable bonds is 10. The molecule has 42 heavy (non-hydrogen) atoms. The molecule has 3 aromatic carbocycles. The van der Waals surface area contributed by atoms with Crippen LogP contribution in [-0.2, 0) is 31.9 Å². The van der Waals surface area contributed by atoms with Crippen molar-refractivity contribution in [3.8, 4) is 0 Å². The van der Waals surface area contributed by atoms with Gasteiger partial charge in [0.05, 0.1) is 5.56 Å². The number of hydrogen-bond donors (Lipinski definition) is 0. The average Bonchev–Trinajstić information content (AvgIpc) is 2.94.